The van der Waals surface area contributed by atoms with Gasteiger partial charge < -0.3 is 19.4 Å². The van der Waals surface area contributed by atoms with Crippen molar-refractivity contribution in [1.29, 1.82) is 0 Å². The monoisotopic (exact) mass is 518 g/mol. The van der Waals surface area contributed by atoms with Crippen LogP contribution in [0.1, 0.15) is 60.1 Å². The van der Waals surface area contributed by atoms with Crippen LogP contribution in [0, 0.1) is 6.92 Å². The third kappa shape index (κ3) is 5.20. The smallest absolute Gasteiger partial charge is 0.316 e. The van der Waals surface area contributed by atoms with Crippen LogP contribution in [0.15, 0.2) is 48.0 Å². The highest BCUT2D eigenvalue weighted by atomic mass is 35.5. The number of hydrogen-bond donors (Lipinski definition) is 1. The second-order valence-electron chi connectivity index (χ2n) is 9.28. The molecule has 0 radical (unpaired) electrons. The average Bonchev–Trinajstić information content (AvgIpc) is 3.13. The number of nitrogens with zero attached hydrogens (tertiary/aromatic N) is 1. The van der Waals surface area contributed by atoms with Crippen molar-refractivity contribution in [1.82, 2.24) is 9.88 Å². The van der Waals surface area contributed by atoms with Gasteiger partial charge in [-0.15, -0.1) is 0 Å². The largest absolute Gasteiger partial charge is 0.461 e. The third-order valence-corrected chi connectivity index (χ3v) is 7.59. The first-order valence-corrected chi connectivity index (χ1v) is 12.2. The van der Waals surface area contributed by atoms with Crippen LogP contribution in [0.25, 0.3) is 5.03 Å². The Labute approximate surface area is 216 Å². The van der Waals surface area contributed by atoms with E-state index in [0.29, 0.717) is 35.4 Å². The zero-order valence-electron chi connectivity index (χ0n) is 20.8. The lowest BCUT2D eigenvalue weighted by Crippen LogP contribution is -2.59. The molecule has 1 aromatic heterocycles. The summed E-state index contributed by atoms with van der Waals surface area (Å²) >= 11 is 12.7. The van der Waals surface area contributed by atoms with Crippen LogP contribution in [0.4, 0.5) is 0 Å². The van der Waals surface area contributed by atoms with E-state index in [0.717, 1.165) is 22.4 Å². The van der Waals surface area contributed by atoms with Crippen molar-refractivity contribution < 1.29 is 19.1 Å². The zero-order chi connectivity index (χ0) is 26.0. The Kier molecular flexibility index (Phi) is 8.20. The predicted octanol–water partition coefficient (Wildman–Crippen LogP) is 5.55. The molecule has 0 spiro atoms. The van der Waals surface area contributed by atoms with E-state index < -0.39 is 11.0 Å². The van der Waals surface area contributed by atoms with Gasteiger partial charge in [0.15, 0.2) is 0 Å². The number of allylic oxidation sites excluding steroid dienone is 1. The molecule has 0 atom stereocenters. The van der Waals surface area contributed by atoms with E-state index in [1.165, 1.54) is 0 Å². The molecule has 1 amide bonds. The molecule has 35 heavy (non-hydrogen) atoms. The molecule has 1 fully saturated rings. The second-order valence-corrected chi connectivity index (χ2v) is 10.1. The standard InChI is InChI=1S/C27H32Cl2N2O4/c1-7-13-35-25(33)26(4,5)18-9-11-19(12-10-18)27(15-34-16-27)30-24(32)22-14-20(17(3)31(22)6)23(29)21(28)8-2/h7,9-12,14H,1,8,13,15-16H2,2-6H3,(H,30,32)/b23-21-. The van der Waals surface area contributed by atoms with Crippen molar-refractivity contribution in [2.75, 3.05) is 19.8 Å². The summed E-state index contributed by atoms with van der Waals surface area (Å²) in [4.78, 5) is 25.8. The topological polar surface area (TPSA) is 69.6 Å². The van der Waals surface area contributed by atoms with Crippen LogP contribution in [-0.2, 0) is 32.3 Å². The fraction of sp³-hybridized carbons (Fsp3) is 0.407. The van der Waals surface area contributed by atoms with Crippen molar-refractivity contribution in [2.45, 2.75) is 45.1 Å². The highest BCUT2D eigenvalue weighted by molar-refractivity contribution is 6.54. The van der Waals surface area contributed by atoms with E-state index in [2.05, 4.69) is 11.9 Å². The van der Waals surface area contributed by atoms with Crippen LogP contribution >= 0.6 is 23.2 Å². The molecule has 2 heterocycles. The number of benzene rings is 1. The van der Waals surface area contributed by atoms with Crippen LogP contribution in [0.2, 0.25) is 0 Å². The third-order valence-electron chi connectivity index (χ3n) is 6.60. The molecule has 0 saturated carbocycles. The Morgan fingerprint density at radius 1 is 1.26 bits per heavy atom. The van der Waals surface area contributed by atoms with Gasteiger partial charge >= 0.3 is 5.97 Å². The fourth-order valence-electron chi connectivity index (χ4n) is 3.98. The first-order chi connectivity index (χ1) is 16.5. The number of aromatic nitrogens is 1. The summed E-state index contributed by atoms with van der Waals surface area (Å²) in [5.74, 6) is -0.564. The Morgan fingerprint density at radius 2 is 1.89 bits per heavy atom. The first-order valence-electron chi connectivity index (χ1n) is 11.5. The summed E-state index contributed by atoms with van der Waals surface area (Å²) in [7, 11) is 1.82. The van der Waals surface area contributed by atoms with E-state index in [1.807, 2.05) is 59.0 Å². The van der Waals surface area contributed by atoms with Gasteiger partial charge in [0.05, 0.1) is 23.7 Å². The summed E-state index contributed by atoms with van der Waals surface area (Å²) in [5, 5.41) is 4.16. The quantitative estimate of drug-likeness (QED) is 0.348. The number of hydrogen-bond acceptors (Lipinski definition) is 4. The number of halogens is 2. The van der Waals surface area contributed by atoms with Crippen LogP contribution < -0.4 is 5.32 Å². The highest BCUT2D eigenvalue weighted by Crippen LogP contribution is 2.34. The Morgan fingerprint density at radius 3 is 2.40 bits per heavy atom. The van der Waals surface area contributed by atoms with Gasteiger partial charge in [0, 0.05) is 23.3 Å². The summed E-state index contributed by atoms with van der Waals surface area (Å²) in [6, 6.07) is 9.38. The SMILES string of the molecule is C=CCOC(=O)C(C)(C)c1ccc(C2(NC(=O)c3cc(/C(Cl)=C(/Cl)CC)c(C)n3C)COC2)cc1. The van der Waals surface area contributed by atoms with Crippen LogP contribution in [0.3, 0.4) is 0 Å². The van der Waals surface area contributed by atoms with Crippen molar-refractivity contribution >= 4 is 40.1 Å². The van der Waals surface area contributed by atoms with Gasteiger partial charge in [-0.25, -0.2) is 0 Å². The maximum atomic E-state index is 13.3. The molecular weight excluding hydrogens is 487 g/mol. The minimum Gasteiger partial charge on any atom is -0.461 e. The van der Waals surface area contributed by atoms with Gasteiger partial charge in [-0.3, -0.25) is 9.59 Å². The van der Waals surface area contributed by atoms with Gasteiger partial charge in [0.1, 0.15) is 17.8 Å². The summed E-state index contributed by atoms with van der Waals surface area (Å²) in [6.07, 6.45) is 2.15. The lowest BCUT2D eigenvalue weighted by Gasteiger charge is -2.42. The molecule has 2 aromatic rings. The van der Waals surface area contributed by atoms with Crippen molar-refractivity contribution in [2.24, 2.45) is 7.05 Å². The van der Waals surface area contributed by atoms with Crippen molar-refractivity contribution in [3.8, 4) is 0 Å². The van der Waals surface area contributed by atoms with Crippen LogP contribution in [-0.4, -0.2) is 36.3 Å². The molecule has 0 unspecified atom stereocenters. The van der Waals surface area contributed by atoms with E-state index in [-0.39, 0.29) is 18.5 Å². The summed E-state index contributed by atoms with van der Waals surface area (Å²) < 4.78 is 12.6. The lowest BCUT2D eigenvalue weighted by molar-refractivity contribution is -0.148. The Hall–Kier alpha value is -2.54. The number of rotatable bonds is 9. The number of ether oxygens (including phenoxy) is 2. The van der Waals surface area contributed by atoms with Crippen molar-refractivity contribution in [3.05, 3.63) is 76.1 Å². The number of esters is 1. The highest BCUT2D eigenvalue weighted by Gasteiger charge is 2.43. The van der Waals surface area contributed by atoms with E-state index >= 15 is 0 Å². The van der Waals surface area contributed by atoms with Crippen molar-refractivity contribution in [3.63, 3.8) is 0 Å². The number of carbonyl (C=O) groups is 2. The van der Waals surface area contributed by atoms with Gasteiger partial charge in [0.2, 0.25) is 0 Å². The fourth-order valence-corrected chi connectivity index (χ4v) is 4.40. The maximum Gasteiger partial charge on any atom is 0.316 e. The molecule has 1 aromatic carbocycles. The lowest BCUT2D eigenvalue weighted by atomic mass is 9.81. The van der Waals surface area contributed by atoms with E-state index in [1.54, 1.807) is 16.7 Å². The minimum absolute atomic E-state index is 0.166. The van der Waals surface area contributed by atoms with Gasteiger partial charge in [-0.2, -0.15) is 0 Å². The Bertz CT molecular complexity index is 1160. The number of amides is 1. The van der Waals surface area contributed by atoms with E-state index in [4.69, 9.17) is 32.7 Å². The zero-order valence-corrected chi connectivity index (χ0v) is 22.3. The first kappa shape index (κ1) is 27.1. The molecule has 188 valence electrons. The van der Waals surface area contributed by atoms with Gasteiger partial charge in [-0.1, -0.05) is 67.0 Å². The molecule has 1 aliphatic heterocycles. The molecule has 1 N–H and O–H groups in total. The molecule has 1 aliphatic rings. The number of nitrogens with one attached hydrogen (secondary N) is 1. The second kappa shape index (κ2) is 10.6. The van der Waals surface area contributed by atoms with Gasteiger partial charge in [-0.05, 0) is 44.4 Å². The summed E-state index contributed by atoms with van der Waals surface area (Å²) in [6.45, 7) is 11.9. The molecule has 3 rings (SSSR count). The maximum absolute atomic E-state index is 13.3. The normalized spacial score (nSPS) is 15.6. The molecule has 8 heteroatoms. The Balaban J connectivity index is 1.85. The molecule has 0 bridgehead atoms. The summed E-state index contributed by atoms with van der Waals surface area (Å²) in [5.41, 5.74) is 2.29. The average molecular weight is 519 g/mol. The number of carbonyl (C=O) groups excluding carboxylic acids is 2. The van der Waals surface area contributed by atoms with Crippen LogP contribution in [0.5, 0.6) is 0 Å². The van der Waals surface area contributed by atoms with E-state index in [9.17, 15) is 9.59 Å². The molecular formula is C27H32Cl2N2O4. The minimum atomic E-state index is -0.822. The van der Waals surface area contributed by atoms with Gasteiger partial charge in [0.25, 0.3) is 5.91 Å². The molecule has 6 nitrogen and oxygen atoms in total. The molecule has 0 aliphatic carbocycles. The molecule has 1 saturated heterocycles. The predicted molar refractivity (Wildman–Crippen MR) is 140 cm³/mol.